The molecule has 0 N–H and O–H groups in total. The van der Waals surface area contributed by atoms with Crippen molar-refractivity contribution in [1.82, 2.24) is 24.3 Å². The molecule has 0 radical (unpaired) electrons. The Morgan fingerprint density at radius 3 is 2.86 bits per heavy atom. The van der Waals surface area contributed by atoms with Gasteiger partial charge in [-0.3, -0.25) is 4.68 Å². The van der Waals surface area contributed by atoms with Crippen LogP contribution in [0.25, 0.3) is 11.2 Å². The Labute approximate surface area is 132 Å². The maximum absolute atomic E-state index is 6.25. The van der Waals surface area contributed by atoms with Gasteiger partial charge in [0, 0.05) is 38.1 Å². The van der Waals surface area contributed by atoms with Gasteiger partial charge in [0.05, 0.1) is 10.4 Å². The van der Waals surface area contributed by atoms with E-state index in [1.165, 1.54) is 0 Å². The molecule has 0 saturated heterocycles. The highest BCUT2D eigenvalue weighted by molar-refractivity contribution is 6.31. The van der Waals surface area contributed by atoms with Crippen molar-refractivity contribution in [3.63, 3.8) is 0 Å². The van der Waals surface area contributed by atoms with Crippen LogP contribution in [-0.4, -0.2) is 24.3 Å². The SMILES string of the molecule is CC(Cl)c1nc2cc(Cl)cnc2n1CCc1ccnn1C. The fourth-order valence-electron chi connectivity index (χ4n) is 2.40. The number of aryl methyl sites for hydroxylation is 3. The summed E-state index contributed by atoms with van der Waals surface area (Å²) in [4.78, 5) is 8.95. The molecule has 3 rings (SSSR count). The van der Waals surface area contributed by atoms with Crippen LogP contribution in [0.5, 0.6) is 0 Å². The first-order valence-corrected chi connectivity index (χ1v) is 7.50. The van der Waals surface area contributed by atoms with Crippen LogP contribution < -0.4 is 0 Å². The van der Waals surface area contributed by atoms with Gasteiger partial charge in [0.15, 0.2) is 5.65 Å². The van der Waals surface area contributed by atoms with Gasteiger partial charge in [0.25, 0.3) is 0 Å². The Morgan fingerprint density at radius 2 is 2.19 bits per heavy atom. The lowest BCUT2D eigenvalue weighted by molar-refractivity contribution is 0.621. The highest BCUT2D eigenvalue weighted by Gasteiger charge is 2.16. The van der Waals surface area contributed by atoms with Crippen molar-refractivity contribution in [2.45, 2.75) is 25.3 Å². The van der Waals surface area contributed by atoms with Gasteiger partial charge in [0.2, 0.25) is 0 Å². The smallest absolute Gasteiger partial charge is 0.160 e. The number of aromatic nitrogens is 5. The van der Waals surface area contributed by atoms with Crippen LogP contribution in [0.2, 0.25) is 5.02 Å². The van der Waals surface area contributed by atoms with Gasteiger partial charge in [-0.15, -0.1) is 11.6 Å². The van der Waals surface area contributed by atoms with Crippen molar-refractivity contribution in [2.24, 2.45) is 7.05 Å². The van der Waals surface area contributed by atoms with Crippen molar-refractivity contribution < 1.29 is 0 Å². The second kappa shape index (κ2) is 5.66. The summed E-state index contributed by atoms with van der Waals surface area (Å²) < 4.78 is 3.92. The van der Waals surface area contributed by atoms with E-state index in [1.54, 1.807) is 12.4 Å². The number of fused-ring (bicyclic) bond motifs is 1. The van der Waals surface area contributed by atoms with E-state index >= 15 is 0 Å². The summed E-state index contributed by atoms with van der Waals surface area (Å²) in [5.74, 6) is 0.809. The Balaban J connectivity index is 1.99. The molecule has 1 atom stereocenters. The van der Waals surface area contributed by atoms with Crippen LogP contribution in [0.15, 0.2) is 24.5 Å². The molecule has 0 saturated carbocycles. The number of imidazole rings is 1. The lowest BCUT2D eigenvalue weighted by Crippen LogP contribution is -2.09. The quantitative estimate of drug-likeness (QED) is 0.692. The monoisotopic (exact) mass is 323 g/mol. The molecule has 5 nitrogen and oxygen atoms in total. The molecule has 3 heterocycles. The van der Waals surface area contributed by atoms with E-state index in [1.807, 2.05) is 30.8 Å². The molecule has 3 aromatic heterocycles. The number of rotatable bonds is 4. The van der Waals surface area contributed by atoms with Gasteiger partial charge >= 0.3 is 0 Å². The second-order valence-corrected chi connectivity index (χ2v) is 6.02. The van der Waals surface area contributed by atoms with E-state index in [2.05, 4.69) is 19.6 Å². The number of nitrogens with zero attached hydrogens (tertiary/aromatic N) is 5. The maximum atomic E-state index is 6.25. The summed E-state index contributed by atoms with van der Waals surface area (Å²) in [6.07, 6.45) is 4.27. The minimum atomic E-state index is -0.190. The molecule has 0 bridgehead atoms. The van der Waals surface area contributed by atoms with E-state index in [0.717, 1.165) is 35.6 Å². The molecule has 0 aliphatic heterocycles. The summed E-state index contributed by atoms with van der Waals surface area (Å²) in [5, 5.41) is 4.57. The number of pyridine rings is 1. The molecule has 0 fully saturated rings. The Kier molecular flexibility index (Phi) is 3.87. The minimum absolute atomic E-state index is 0.190. The second-order valence-electron chi connectivity index (χ2n) is 4.93. The van der Waals surface area contributed by atoms with E-state index < -0.39 is 0 Å². The molecule has 0 aromatic carbocycles. The molecule has 110 valence electrons. The van der Waals surface area contributed by atoms with Crippen LogP contribution in [0.1, 0.15) is 23.8 Å². The molecule has 0 aliphatic carbocycles. The summed E-state index contributed by atoms with van der Waals surface area (Å²) in [6.45, 7) is 2.65. The van der Waals surface area contributed by atoms with Gasteiger partial charge in [-0.1, -0.05) is 11.6 Å². The Morgan fingerprint density at radius 1 is 1.38 bits per heavy atom. The number of hydrogen-bond acceptors (Lipinski definition) is 3. The Bertz CT molecular complexity index is 775. The van der Waals surface area contributed by atoms with Crippen molar-refractivity contribution in [3.05, 3.63) is 41.1 Å². The van der Waals surface area contributed by atoms with Gasteiger partial charge in [-0.25, -0.2) is 9.97 Å². The molecular formula is C14H15Cl2N5. The summed E-state index contributed by atoms with van der Waals surface area (Å²) in [5.41, 5.74) is 2.73. The standard InChI is InChI=1S/C14H15Cl2N5/c1-9(15)13-19-12-7-10(16)8-17-14(12)21(13)6-4-11-3-5-18-20(11)2/h3,5,7-9H,4,6H2,1-2H3. The molecular weight excluding hydrogens is 309 g/mol. The highest BCUT2D eigenvalue weighted by Crippen LogP contribution is 2.25. The summed E-state index contributed by atoms with van der Waals surface area (Å²) in [7, 11) is 1.93. The largest absolute Gasteiger partial charge is 0.311 e. The molecule has 0 aliphatic rings. The van der Waals surface area contributed by atoms with Crippen molar-refractivity contribution in [3.8, 4) is 0 Å². The third kappa shape index (κ3) is 2.76. The third-order valence-corrected chi connectivity index (χ3v) is 3.85. The molecule has 1 unspecified atom stereocenters. The average molecular weight is 324 g/mol. The first-order chi connectivity index (χ1) is 10.1. The predicted molar refractivity (Wildman–Crippen MR) is 83.7 cm³/mol. The molecule has 0 spiro atoms. The fraction of sp³-hybridized carbons (Fsp3) is 0.357. The lowest BCUT2D eigenvalue weighted by atomic mass is 10.3. The van der Waals surface area contributed by atoms with Crippen LogP contribution >= 0.6 is 23.2 Å². The first kappa shape index (κ1) is 14.4. The van der Waals surface area contributed by atoms with Gasteiger partial charge < -0.3 is 4.57 Å². The van der Waals surface area contributed by atoms with Crippen molar-refractivity contribution in [2.75, 3.05) is 0 Å². The number of alkyl halides is 1. The fourth-order valence-corrected chi connectivity index (χ4v) is 2.72. The topological polar surface area (TPSA) is 48.5 Å². The molecule has 21 heavy (non-hydrogen) atoms. The molecule has 0 amide bonds. The molecule has 3 aromatic rings. The van der Waals surface area contributed by atoms with E-state index in [4.69, 9.17) is 23.2 Å². The van der Waals surface area contributed by atoms with Crippen molar-refractivity contribution >= 4 is 34.4 Å². The minimum Gasteiger partial charge on any atom is -0.311 e. The van der Waals surface area contributed by atoms with Gasteiger partial charge in [-0.2, -0.15) is 5.10 Å². The average Bonchev–Trinajstić information content (AvgIpc) is 2.99. The van der Waals surface area contributed by atoms with E-state index in [0.29, 0.717) is 5.02 Å². The Hall–Kier alpha value is -1.59. The highest BCUT2D eigenvalue weighted by atomic mass is 35.5. The van der Waals surface area contributed by atoms with Gasteiger partial charge in [-0.05, 0) is 19.1 Å². The predicted octanol–water partition coefficient (Wildman–Crippen LogP) is 3.36. The zero-order chi connectivity index (χ0) is 15.0. The normalized spacial score (nSPS) is 13.0. The number of halogens is 2. The van der Waals surface area contributed by atoms with Crippen LogP contribution in [0.4, 0.5) is 0 Å². The van der Waals surface area contributed by atoms with Crippen LogP contribution in [-0.2, 0) is 20.0 Å². The van der Waals surface area contributed by atoms with Crippen molar-refractivity contribution in [1.29, 1.82) is 0 Å². The van der Waals surface area contributed by atoms with E-state index in [-0.39, 0.29) is 5.38 Å². The third-order valence-electron chi connectivity index (χ3n) is 3.45. The van der Waals surface area contributed by atoms with Crippen LogP contribution in [0, 0.1) is 0 Å². The first-order valence-electron chi connectivity index (χ1n) is 6.69. The number of hydrogen-bond donors (Lipinski definition) is 0. The van der Waals surface area contributed by atoms with Crippen LogP contribution in [0.3, 0.4) is 0 Å². The maximum Gasteiger partial charge on any atom is 0.160 e. The molecule has 7 heteroatoms. The zero-order valence-electron chi connectivity index (χ0n) is 11.8. The van der Waals surface area contributed by atoms with E-state index in [9.17, 15) is 0 Å². The van der Waals surface area contributed by atoms with Gasteiger partial charge in [0.1, 0.15) is 11.3 Å². The summed E-state index contributed by atoms with van der Waals surface area (Å²) >= 11 is 12.2. The zero-order valence-corrected chi connectivity index (χ0v) is 13.3. The summed E-state index contributed by atoms with van der Waals surface area (Å²) in [6, 6.07) is 3.82. The lowest BCUT2D eigenvalue weighted by Gasteiger charge is -2.10.